The summed E-state index contributed by atoms with van der Waals surface area (Å²) in [7, 11) is 0. The van der Waals surface area contributed by atoms with Crippen LogP contribution >= 0.6 is 23.1 Å². The summed E-state index contributed by atoms with van der Waals surface area (Å²) in [4.78, 5) is 13.6. The van der Waals surface area contributed by atoms with Crippen LogP contribution in [-0.4, -0.2) is 35.2 Å². The van der Waals surface area contributed by atoms with E-state index in [1.54, 1.807) is 0 Å². The zero-order valence-electron chi connectivity index (χ0n) is 12.2. The van der Waals surface area contributed by atoms with Crippen molar-refractivity contribution in [3.8, 4) is 11.8 Å². The number of carbonyl (C=O) groups excluding carboxylic acids is 1. The van der Waals surface area contributed by atoms with Crippen LogP contribution in [0, 0.1) is 18.8 Å². The fourth-order valence-electron chi connectivity index (χ4n) is 1.61. The van der Waals surface area contributed by atoms with Crippen LogP contribution in [0.5, 0.6) is 0 Å². The number of aliphatic hydroxyl groups excluding tert-OH is 1. The average molecular weight is 311 g/mol. The second-order valence-electron chi connectivity index (χ2n) is 4.44. The van der Waals surface area contributed by atoms with Gasteiger partial charge in [-0.1, -0.05) is 18.8 Å². The van der Waals surface area contributed by atoms with Crippen LogP contribution < -0.4 is 5.32 Å². The predicted octanol–water partition coefficient (Wildman–Crippen LogP) is 2.66. The number of carbonyl (C=O) groups is 1. The summed E-state index contributed by atoms with van der Waals surface area (Å²) in [6.07, 6.45) is 0.978. The first-order valence-electron chi connectivity index (χ1n) is 6.67. The van der Waals surface area contributed by atoms with E-state index in [0.29, 0.717) is 4.88 Å². The van der Waals surface area contributed by atoms with Gasteiger partial charge in [0.15, 0.2) is 0 Å². The molecule has 0 saturated carbocycles. The number of aryl methyl sites for hydroxylation is 1. The second kappa shape index (κ2) is 9.06. The maximum absolute atomic E-state index is 12.1. The minimum atomic E-state index is -0.162. The number of thiophene rings is 1. The lowest BCUT2D eigenvalue weighted by Crippen LogP contribution is -2.32. The Labute approximate surface area is 129 Å². The van der Waals surface area contributed by atoms with Gasteiger partial charge in [-0.2, -0.15) is 11.8 Å². The number of thioether (sulfide) groups is 1. The fraction of sp³-hybridized carbons (Fsp3) is 0.533. The predicted molar refractivity (Wildman–Crippen MR) is 87.6 cm³/mol. The molecule has 0 aromatic carbocycles. The van der Waals surface area contributed by atoms with Gasteiger partial charge < -0.3 is 10.4 Å². The van der Waals surface area contributed by atoms with Crippen LogP contribution in [0.3, 0.4) is 0 Å². The van der Waals surface area contributed by atoms with Gasteiger partial charge >= 0.3 is 0 Å². The van der Waals surface area contributed by atoms with Crippen molar-refractivity contribution in [3.05, 3.63) is 21.4 Å². The first-order valence-corrected chi connectivity index (χ1v) is 8.64. The van der Waals surface area contributed by atoms with E-state index in [2.05, 4.69) is 24.1 Å². The SMILES string of the molecule is CCSCCC(C)NC(=O)c1cc(C)c(C#CCO)s1. The Morgan fingerprint density at radius 1 is 1.60 bits per heavy atom. The lowest BCUT2D eigenvalue weighted by atomic mass is 10.2. The molecule has 0 aliphatic carbocycles. The summed E-state index contributed by atoms with van der Waals surface area (Å²) in [6, 6.07) is 2.03. The van der Waals surface area contributed by atoms with E-state index in [0.717, 1.165) is 28.4 Å². The Morgan fingerprint density at radius 2 is 2.35 bits per heavy atom. The van der Waals surface area contributed by atoms with Crippen LogP contribution in [0.4, 0.5) is 0 Å². The molecule has 20 heavy (non-hydrogen) atoms. The smallest absolute Gasteiger partial charge is 0.261 e. The van der Waals surface area contributed by atoms with Crippen molar-refractivity contribution >= 4 is 29.0 Å². The highest BCUT2D eigenvalue weighted by atomic mass is 32.2. The van der Waals surface area contributed by atoms with Gasteiger partial charge in [0.2, 0.25) is 0 Å². The second-order valence-corrected chi connectivity index (χ2v) is 6.89. The quantitative estimate of drug-likeness (QED) is 0.627. The van der Waals surface area contributed by atoms with E-state index in [9.17, 15) is 4.79 Å². The summed E-state index contributed by atoms with van der Waals surface area (Å²) >= 11 is 3.26. The van der Waals surface area contributed by atoms with Crippen molar-refractivity contribution in [1.29, 1.82) is 0 Å². The number of rotatable bonds is 6. The molecule has 0 radical (unpaired) electrons. The van der Waals surface area contributed by atoms with Gasteiger partial charge in [-0.3, -0.25) is 4.79 Å². The van der Waals surface area contributed by atoms with Gasteiger partial charge in [-0.15, -0.1) is 11.3 Å². The molecule has 1 aromatic heterocycles. The molecule has 0 aliphatic heterocycles. The first kappa shape index (κ1) is 17.1. The lowest BCUT2D eigenvalue weighted by Gasteiger charge is -2.12. The third kappa shape index (κ3) is 5.58. The van der Waals surface area contributed by atoms with E-state index in [-0.39, 0.29) is 18.6 Å². The van der Waals surface area contributed by atoms with Crippen molar-refractivity contribution < 1.29 is 9.90 Å². The van der Waals surface area contributed by atoms with Crippen LogP contribution in [0.25, 0.3) is 0 Å². The van der Waals surface area contributed by atoms with Crippen molar-refractivity contribution in [2.75, 3.05) is 18.1 Å². The van der Waals surface area contributed by atoms with Crippen molar-refractivity contribution in [2.45, 2.75) is 33.2 Å². The Bertz CT molecular complexity index is 500. The van der Waals surface area contributed by atoms with Crippen molar-refractivity contribution in [2.24, 2.45) is 0 Å². The Balaban J connectivity index is 2.59. The standard InChI is InChI=1S/C15H21NO2S2/c1-4-19-9-7-12(3)16-15(18)14-10-11(2)13(20-14)6-5-8-17/h10,12,17H,4,7-9H2,1-3H3,(H,16,18). The molecule has 1 unspecified atom stereocenters. The molecule has 1 rings (SSSR count). The molecule has 1 heterocycles. The largest absolute Gasteiger partial charge is 0.384 e. The maximum atomic E-state index is 12.1. The average Bonchev–Trinajstić information content (AvgIpc) is 2.78. The molecule has 0 aliphatic rings. The molecule has 0 bridgehead atoms. The molecule has 0 spiro atoms. The number of nitrogens with one attached hydrogen (secondary N) is 1. The Hall–Kier alpha value is -0.960. The molecule has 110 valence electrons. The molecule has 1 aromatic rings. The third-order valence-corrected chi connectivity index (χ3v) is 4.78. The molecule has 5 heteroatoms. The molecule has 0 fully saturated rings. The van der Waals surface area contributed by atoms with E-state index >= 15 is 0 Å². The van der Waals surface area contributed by atoms with Gasteiger partial charge in [0, 0.05) is 6.04 Å². The molecule has 3 nitrogen and oxygen atoms in total. The summed E-state index contributed by atoms with van der Waals surface area (Å²) in [5.74, 6) is 7.62. The molecular formula is C15H21NO2S2. The fourth-order valence-corrected chi connectivity index (χ4v) is 3.37. The highest BCUT2D eigenvalue weighted by molar-refractivity contribution is 7.99. The van der Waals surface area contributed by atoms with Gasteiger partial charge in [0.05, 0.1) is 9.75 Å². The van der Waals surface area contributed by atoms with E-state index in [4.69, 9.17) is 5.11 Å². The van der Waals surface area contributed by atoms with E-state index in [1.165, 1.54) is 11.3 Å². The lowest BCUT2D eigenvalue weighted by molar-refractivity contribution is 0.0943. The van der Waals surface area contributed by atoms with Crippen LogP contribution in [0.2, 0.25) is 0 Å². The summed E-state index contributed by atoms with van der Waals surface area (Å²) in [5.41, 5.74) is 0.982. The summed E-state index contributed by atoms with van der Waals surface area (Å²) in [5, 5.41) is 11.7. The topological polar surface area (TPSA) is 49.3 Å². The van der Waals surface area contributed by atoms with Crippen LogP contribution in [-0.2, 0) is 0 Å². The summed E-state index contributed by atoms with van der Waals surface area (Å²) in [6.45, 7) is 5.93. The first-order chi connectivity index (χ1) is 9.58. The molecular weight excluding hydrogens is 290 g/mol. The number of hydrogen-bond acceptors (Lipinski definition) is 4. The van der Waals surface area contributed by atoms with E-state index in [1.807, 2.05) is 31.7 Å². The number of aliphatic hydroxyl groups is 1. The van der Waals surface area contributed by atoms with Gasteiger partial charge in [0.25, 0.3) is 5.91 Å². The van der Waals surface area contributed by atoms with Crippen LogP contribution in [0.15, 0.2) is 6.07 Å². The Kier molecular flexibility index (Phi) is 7.75. The van der Waals surface area contributed by atoms with Crippen molar-refractivity contribution in [3.63, 3.8) is 0 Å². The summed E-state index contributed by atoms with van der Waals surface area (Å²) < 4.78 is 0. The zero-order chi connectivity index (χ0) is 15.0. The molecule has 1 amide bonds. The molecule has 2 N–H and O–H groups in total. The minimum absolute atomic E-state index is 0.0378. The normalized spacial score (nSPS) is 11.6. The van der Waals surface area contributed by atoms with Crippen molar-refractivity contribution in [1.82, 2.24) is 5.32 Å². The minimum Gasteiger partial charge on any atom is -0.384 e. The monoisotopic (exact) mass is 311 g/mol. The van der Waals surface area contributed by atoms with Crippen LogP contribution in [0.1, 0.15) is 40.4 Å². The van der Waals surface area contributed by atoms with Gasteiger partial charge in [0.1, 0.15) is 6.61 Å². The molecule has 0 saturated heterocycles. The van der Waals surface area contributed by atoms with Gasteiger partial charge in [-0.25, -0.2) is 0 Å². The number of hydrogen-bond donors (Lipinski definition) is 2. The Morgan fingerprint density at radius 3 is 3.00 bits per heavy atom. The number of amides is 1. The highest BCUT2D eigenvalue weighted by Gasteiger charge is 2.13. The zero-order valence-corrected chi connectivity index (χ0v) is 13.8. The third-order valence-electron chi connectivity index (χ3n) is 2.70. The maximum Gasteiger partial charge on any atom is 0.261 e. The highest BCUT2D eigenvalue weighted by Crippen LogP contribution is 2.21. The molecule has 1 atom stereocenters. The van der Waals surface area contributed by atoms with Gasteiger partial charge in [-0.05, 0) is 43.4 Å². The van der Waals surface area contributed by atoms with E-state index < -0.39 is 0 Å².